The fourth-order valence-corrected chi connectivity index (χ4v) is 3.97. The first-order chi connectivity index (χ1) is 11.9. The molecule has 0 unspecified atom stereocenters. The zero-order valence-corrected chi connectivity index (χ0v) is 15.7. The highest BCUT2D eigenvalue weighted by Crippen LogP contribution is 2.16. The molecule has 0 spiro atoms. The molecule has 1 aliphatic rings. The number of hydrogen-bond donors (Lipinski definition) is 0. The Morgan fingerprint density at radius 2 is 1.92 bits per heavy atom. The normalized spacial score (nSPS) is 15.5. The second kappa shape index (κ2) is 7.68. The van der Waals surface area contributed by atoms with Crippen LogP contribution in [-0.4, -0.2) is 60.3 Å². The van der Waals surface area contributed by atoms with Gasteiger partial charge >= 0.3 is 0 Å². The van der Waals surface area contributed by atoms with E-state index in [1.165, 1.54) is 15.6 Å². The van der Waals surface area contributed by atoms with Crippen LogP contribution in [-0.2, 0) is 29.5 Å². The molecule has 0 amide bonds. The molecule has 0 saturated carbocycles. The average molecular weight is 362 g/mol. The molecule has 1 aromatic carbocycles. The van der Waals surface area contributed by atoms with Gasteiger partial charge in [0.05, 0.1) is 23.7 Å². The number of nitrogens with zero attached hydrogens (tertiary/aromatic N) is 4. The Balaban J connectivity index is 1.55. The van der Waals surface area contributed by atoms with Gasteiger partial charge < -0.3 is 0 Å². The summed E-state index contributed by atoms with van der Waals surface area (Å²) in [6, 6.07) is 12.5. The quantitative estimate of drug-likeness (QED) is 0.750. The van der Waals surface area contributed by atoms with Crippen molar-refractivity contribution in [2.75, 3.05) is 32.9 Å². The van der Waals surface area contributed by atoms with E-state index in [1.54, 1.807) is 14.1 Å². The van der Waals surface area contributed by atoms with E-state index in [1.807, 2.05) is 6.07 Å². The number of benzene rings is 1. The second-order valence-corrected chi connectivity index (χ2v) is 9.04. The van der Waals surface area contributed by atoms with E-state index in [-0.39, 0.29) is 5.75 Å². The summed E-state index contributed by atoms with van der Waals surface area (Å²) in [5, 5.41) is 4.71. The van der Waals surface area contributed by atoms with Crippen LogP contribution in [0.2, 0.25) is 0 Å². The highest BCUT2D eigenvalue weighted by atomic mass is 32.2. The fraction of sp³-hybridized carbons (Fsp3) is 0.500. The van der Waals surface area contributed by atoms with E-state index in [0.717, 1.165) is 38.3 Å². The minimum Gasteiger partial charge on any atom is -0.296 e. The Morgan fingerprint density at radius 1 is 1.16 bits per heavy atom. The van der Waals surface area contributed by atoms with E-state index >= 15 is 0 Å². The lowest BCUT2D eigenvalue weighted by Crippen LogP contribution is -2.35. The van der Waals surface area contributed by atoms with Crippen molar-refractivity contribution in [3.05, 3.63) is 53.3 Å². The monoisotopic (exact) mass is 362 g/mol. The first-order valence-corrected chi connectivity index (χ1v) is 10.3. The summed E-state index contributed by atoms with van der Waals surface area (Å²) in [6.07, 6.45) is 1.51. The molecule has 7 heteroatoms. The minimum absolute atomic E-state index is 0.203. The van der Waals surface area contributed by atoms with Crippen LogP contribution in [0.4, 0.5) is 0 Å². The Kier molecular flexibility index (Phi) is 5.56. The van der Waals surface area contributed by atoms with Crippen molar-refractivity contribution in [3.63, 3.8) is 0 Å². The van der Waals surface area contributed by atoms with Gasteiger partial charge in [-0.05, 0) is 24.6 Å². The third-order valence-electron chi connectivity index (χ3n) is 4.59. The van der Waals surface area contributed by atoms with Crippen LogP contribution in [0.15, 0.2) is 36.4 Å². The predicted molar refractivity (Wildman–Crippen MR) is 98.8 cm³/mol. The Hall–Kier alpha value is -1.70. The predicted octanol–water partition coefficient (Wildman–Crippen LogP) is 1.57. The molecule has 2 heterocycles. The lowest BCUT2D eigenvalue weighted by atomic mass is 10.1. The smallest absolute Gasteiger partial charge is 0.213 e. The van der Waals surface area contributed by atoms with Crippen LogP contribution >= 0.6 is 0 Å². The molecule has 0 N–H and O–H groups in total. The molecule has 1 aromatic heterocycles. The van der Waals surface area contributed by atoms with E-state index < -0.39 is 10.0 Å². The minimum atomic E-state index is -3.10. The summed E-state index contributed by atoms with van der Waals surface area (Å²) < 4.78 is 27.1. The first kappa shape index (κ1) is 18.1. The van der Waals surface area contributed by atoms with Gasteiger partial charge in [-0.1, -0.05) is 30.3 Å². The van der Waals surface area contributed by atoms with E-state index in [0.29, 0.717) is 6.42 Å². The van der Waals surface area contributed by atoms with Crippen molar-refractivity contribution in [3.8, 4) is 0 Å². The average Bonchev–Trinajstić information content (AvgIpc) is 2.97. The van der Waals surface area contributed by atoms with E-state index in [9.17, 15) is 8.42 Å². The molecule has 2 aromatic rings. The van der Waals surface area contributed by atoms with Gasteiger partial charge in [0.2, 0.25) is 10.0 Å². The van der Waals surface area contributed by atoms with E-state index in [2.05, 4.69) is 39.9 Å². The molecule has 3 rings (SSSR count). The summed E-state index contributed by atoms with van der Waals surface area (Å²) >= 11 is 0. The lowest BCUT2D eigenvalue weighted by molar-refractivity contribution is 0.213. The van der Waals surface area contributed by atoms with Crippen molar-refractivity contribution in [2.45, 2.75) is 25.9 Å². The van der Waals surface area contributed by atoms with Gasteiger partial charge in [0.15, 0.2) is 0 Å². The number of fused-ring (bicyclic) bond motifs is 1. The molecular weight excluding hydrogens is 336 g/mol. The molecular formula is C18H26N4O2S. The maximum atomic E-state index is 11.8. The molecule has 25 heavy (non-hydrogen) atoms. The molecule has 1 aliphatic heterocycles. The lowest BCUT2D eigenvalue weighted by Gasteiger charge is -2.27. The second-order valence-electron chi connectivity index (χ2n) is 6.74. The van der Waals surface area contributed by atoms with Crippen LogP contribution < -0.4 is 0 Å². The SMILES string of the molecule is CN(C)S(=O)(=O)CCCN1CCn2nc(Cc3ccccc3)cc2C1. The summed E-state index contributed by atoms with van der Waals surface area (Å²) in [5.41, 5.74) is 3.58. The first-order valence-electron chi connectivity index (χ1n) is 8.66. The third kappa shape index (κ3) is 4.68. The van der Waals surface area contributed by atoms with Crippen LogP contribution in [0.5, 0.6) is 0 Å². The Labute approximate surface area is 150 Å². The zero-order chi connectivity index (χ0) is 17.9. The van der Waals surface area contributed by atoms with E-state index in [4.69, 9.17) is 5.10 Å². The van der Waals surface area contributed by atoms with Crippen molar-refractivity contribution < 1.29 is 8.42 Å². The van der Waals surface area contributed by atoms with Gasteiger partial charge in [0, 0.05) is 33.6 Å². The maximum absolute atomic E-state index is 11.8. The van der Waals surface area contributed by atoms with Gasteiger partial charge in [-0.15, -0.1) is 0 Å². The van der Waals surface area contributed by atoms with Crippen molar-refractivity contribution in [2.24, 2.45) is 0 Å². The number of hydrogen-bond acceptors (Lipinski definition) is 4. The highest BCUT2D eigenvalue weighted by Gasteiger charge is 2.19. The molecule has 6 nitrogen and oxygen atoms in total. The maximum Gasteiger partial charge on any atom is 0.213 e. The van der Waals surface area contributed by atoms with Crippen molar-refractivity contribution >= 4 is 10.0 Å². The van der Waals surface area contributed by atoms with Crippen LogP contribution in [0.3, 0.4) is 0 Å². The molecule has 0 radical (unpaired) electrons. The largest absolute Gasteiger partial charge is 0.296 e. The fourth-order valence-electron chi connectivity index (χ4n) is 3.12. The zero-order valence-electron chi connectivity index (χ0n) is 14.9. The number of rotatable bonds is 7. The van der Waals surface area contributed by atoms with Gasteiger partial charge in [0.25, 0.3) is 0 Å². The standard InChI is InChI=1S/C18H26N4O2S/c1-20(2)25(23,24)12-6-9-21-10-11-22-18(15-21)14-17(19-22)13-16-7-4-3-5-8-16/h3-5,7-8,14H,6,9-13,15H2,1-2H3. The van der Waals surface area contributed by atoms with Crippen LogP contribution in [0.25, 0.3) is 0 Å². The summed E-state index contributed by atoms with van der Waals surface area (Å²) in [5.74, 6) is 0.203. The Morgan fingerprint density at radius 3 is 2.64 bits per heavy atom. The molecule has 0 bridgehead atoms. The summed E-state index contributed by atoms with van der Waals surface area (Å²) in [7, 11) is 0.0718. The van der Waals surface area contributed by atoms with Crippen molar-refractivity contribution in [1.82, 2.24) is 19.0 Å². The summed E-state index contributed by atoms with van der Waals surface area (Å²) in [6.45, 7) is 3.42. The molecule has 0 fully saturated rings. The highest BCUT2D eigenvalue weighted by molar-refractivity contribution is 7.89. The number of sulfonamides is 1. The van der Waals surface area contributed by atoms with Gasteiger partial charge in [0.1, 0.15) is 0 Å². The molecule has 0 saturated heterocycles. The Bertz CT molecular complexity index is 800. The third-order valence-corrected chi connectivity index (χ3v) is 6.51. The van der Waals surface area contributed by atoms with Crippen LogP contribution in [0, 0.1) is 0 Å². The van der Waals surface area contributed by atoms with Crippen molar-refractivity contribution in [1.29, 1.82) is 0 Å². The molecule has 0 atom stereocenters. The molecule has 136 valence electrons. The van der Waals surface area contributed by atoms with Gasteiger partial charge in [-0.2, -0.15) is 5.10 Å². The summed E-state index contributed by atoms with van der Waals surface area (Å²) in [4.78, 5) is 2.31. The number of aromatic nitrogens is 2. The van der Waals surface area contributed by atoms with Gasteiger partial charge in [-0.3, -0.25) is 9.58 Å². The topological polar surface area (TPSA) is 58.4 Å². The van der Waals surface area contributed by atoms with Crippen LogP contribution in [0.1, 0.15) is 23.4 Å². The van der Waals surface area contributed by atoms with Gasteiger partial charge in [-0.25, -0.2) is 12.7 Å². The molecule has 0 aliphatic carbocycles.